The van der Waals surface area contributed by atoms with Crippen molar-refractivity contribution < 1.29 is 24.2 Å². The molecule has 0 aliphatic rings. The first kappa shape index (κ1) is 19.4. The van der Waals surface area contributed by atoms with E-state index in [9.17, 15) is 14.4 Å². The van der Waals surface area contributed by atoms with E-state index in [1.807, 2.05) is 0 Å². The van der Waals surface area contributed by atoms with Crippen LogP contribution in [0.25, 0.3) is 0 Å². The van der Waals surface area contributed by atoms with Gasteiger partial charge in [-0.2, -0.15) is 0 Å². The monoisotopic (exact) mass is 302 g/mol. The average molecular weight is 302 g/mol. The summed E-state index contributed by atoms with van der Waals surface area (Å²) in [5.74, 6) is -2.26. The first-order valence-corrected chi connectivity index (χ1v) is 6.92. The third kappa shape index (κ3) is 8.29. The molecule has 3 N–H and O–H groups in total. The van der Waals surface area contributed by atoms with Crippen LogP contribution in [-0.2, 0) is 19.1 Å². The molecular weight excluding hydrogens is 276 g/mol. The van der Waals surface area contributed by atoms with Crippen LogP contribution in [0.5, 0.6) is 0 Å². The third-order valence-electron chi connectivity index (χ3n) is 2.60. The van der Waals surface area contributed by atoms with E-state index in [0.717, 1.165) is 0 Å². The van der Waals surface area contributed by atoms with Gasteiger partial charge in [0, 0.05) is 0 Å². The van der Waals surface area contributed by atoms with E-state index in [1.54, 1.807) is 41.5 Å². The van der Waals surface area contributed by atoms with Crippen molar-refractivity contribution in [3.8, 4) is 0 Å². The van der Waals surface area contributed by atoms with Gasteiger partial charge in [-0.3, -0.25) is 14.9 Å². The van der Waals surface area contributed by atoms with E-state index in [2.05, 4.69) is 10.6 Å². The molecule has 0 aromatic heterocycles. The van der Waals surface area contributed by atoms with Crippen molar-refractivity contribution in [1.29, 1.82) is 0 Å². The molecule has 0 bridgehead atoms. The Morgan fingerprint density at radius 3 is 2.05 bits per heavy atom. The Kier molecular flexibility index (Phi) is 7.35. The van der Waals surface area contributed by atoms with Gasteiger partial charge in [0.2, 0.25) is 5.91 Å². The highest BCUT2D eigenvalue weighted by molar-refractivity contribution is 5.87. The number of ether oxygens (including phenoxy) is 1. The summed E-state index contributed by atoms with van der Waals surface area (Å²) >= 11 is 0. The van der Waals surface area contributed by atoms with Gasteiger partial charge in [0.05, 0.1) is 12.6 Å². The van der Waals surface area contributed by atoms with Crippen LogP contribution in [0.3, 0.4) is 0 Å². The summed E-state index contributed by atoms with van der Waals surface area (Å²) in [6.45, 7) is 10.1. The van der Waals surface area contributed by atoms with Crippen molar-refractivity contribution in [2.75, 3.05) is 6.54 Å². The summed E-state index contributed by atoms with van der Waals surface area (Å²) in [5.41, 5.74) is -0.587. The van der Waals surface area contributed by atoms with E-state index in [-0.39, 0.29) is 12.5 Å². The Hall–Kier alpha value is -1.63. The fourth-order valence-electron chi connectivity index (χ4n) is 1.50. The van der Waals surface area contributed by atoms with E-state index < -0.39 is 35.5 Å². The van der Waals surface area contributed by atoms with Gasteiger partial charge in [0.25, 0.3) is 0 Å². The number of nitrogens with one attached hydrogen (secondary N) is 2. The number of carbonyl (C=O) groups is 3. The van der Waals surface area contributed by atoms with Crippen LogP contribution in [0.4, 0.5) is 0 Å². The molecule has 0 heterocycles. The Balaban J connectivity index is 4.34. The summed E-state index contributed by atoms with van der Waals surface area (Å²) in [4.78, 5) is 34.4. The zero-order valence-corrected chi connectivity index (χ0v) is 13.5. The fraction of sp³-hybridized carbons (Fsp3) is 0.786. The number of carboxylic acids is 1. The molecule has 0 spiro atoms. The molecule has 0 rings (SSSR count). The molecule has 0 saturated heterocycles. The minimum atomic E-state index is -1.09. The lowest BCUT2D eigenvalue weighted by atomic mass is 10.0. The molecule has 2 atom stereocenters. The maximum Gasteiger partial charge on any atom is 0.326 e. The predicted octanol–water partition coefficient (Wildman–Crippen LogP) is 0.532. The first-order chi connectivity index (χ1) is 9.44. The first-order valence-electron chi connectivity index (χ1n) is 6.92. The minimum absolute atomic E-state index is 0.120. The van der Waals surface area contributed by atoms with Crippen LogP contribution in [0.1, 0.15) is 41.5 Å². The maximum atomic E-state index is 11.9. The molecule has 7 nitrogen and oxygen atoms in total. The van der Waals surface area contributed by atoms with Crippen molar-refractivity contribution in [2.45, 2.75) is 59.2 Å². The van der Waals surface area contributed by atoms with Crippen molar-refractivity contribution >= 4 is 17.8 Å². The smallest absolute Gasteiger partial charge is 0.326 e. The average Bonchev–Trinajstić information content (AvgIpc) is 2.29. The number of aliphatic carboxylic acids is 1. The summed E-state index contributed by atoms with van der Waals surface area (Å²) in [5, 5.41) is 14.2. The maximum absolute atomic E-state index is 11.9. The fourth-order valence-corrected chi connectivity index (χ4v) is 1.50. The van der Waals surface area contributed by atoms with Crippen LogP contribution in [-0.4, -0.2) is 47.2 Å². The molecule has 0 fully saturated rings. The van der Waals surface area contributed by atoms with Crippen molar-refractivity contribution in [2.24, 2.45) is 5.92 Å². The molecular formula is C14H26N2O5. The van der Waals surface area contributed by atoms with Gasteiger partial charge < -0.3 is 15.2 Å². The zero-order chi connectivity index (χ0) is 16.8. The van der Waals surface area contributed by atoms with Gasteiger partial charge in [0.15, 0.2) is 0 Å². The summed E-state index contributed by atoms with van der Waals surface area (Å²) < 4.78 is 5.10. The quantitative estimate of drug-likeness (QED) is 0.593. The van der Waals surface area contributed by atoms with Crippen LogP contribution in [0.2, 0.25) is 0 Å². The molecule has 1 amide bonds. The standard InChI is InChI=1S/C14H26N2O5/c1-8(2)11(13(19)20)16-12(18)9(3)15-7-10(17)21-14(4,5)6/h8-9,11,15H,7H2,1-6H3,(H,16,18)(H,19,20)/t9?,11-/m0/s1. The molecule has 122 valence electrons. The summed E-state index contributed by atoms with van der Waals surface area (Å²) in [6.07, 6.45) is 0. The minimum Gasteiger partial charge on any atom is -0.480 e. The number of esters is 1. The van der Waals surface area contributed by atoms with Gasteiger partial charge in [-0.1, -0.05) is 13.8 Å². The van der Waals surface area contributed by atoms with Gasteiger partial charge in [0.1, 0.15) is 11.6 Å². The molecule has 0 saturated carbocycles. The number of carbonyl (C=O) groups excluding carboxylic acids is 2. The van der Waals surface area contributed by atoms with E-state index in [1.165, 1.54) is 0 Å². The Morgan fingerprint density at radius 2 is 1.67 bits per heavy atom. The van der Waals surface area contributed by atoms with Crippen molar-refractivity contribution in [3.05, 3.63) is 0 Å². The van der Waals surface area contributed by atoms with Crippen LogP contribution in [0, 0.1) is 5.92 Å². The lowest BCUT2D eigenvalue weighted by molar-refractivity contribution is -0.154. The van der Waals surface area contributed by atoms with Gasteiger partial charge in [-0.25, -0.2) is 4.79 Å². The molecule has 21 heavy (non-hydrogen) atoms. The van der Waals surface area contributed by atoms with E-state index in [0.29, 0.717) is 0 Å². The number of hydrogen-bond donors (Lipinski definition) is 3. The molecule has 0 aliphatic heterocycles. The van der Waals surface area contributed by atoms with Crippen LogP contribution in [0.15, 0.2) is 0 Å². The molecule has 0 aromatic rings. The largest absolute Gasteiger partial charge is 0.480 e. The highest BCUT2D eigenvalue weighted by Gasteiger charge is 2.26. The van der Waals surface area contributed by atoms with Gasteiger partial charge >= 0.3 is 11.9 Å². The SMILES string of the molecule is CC(NCC(=O)OC(C)(C)C)C(=O)N[C@H](C(=O)O)C(C)C. The zero-order valence-electron chi connectivity index (χ0n) is 13.5. The number of rotatable bonds is 7. The normalized spacial score (nSPS) is 14.4. The summed E-state index contributed by atoms with van der Waals surface area (Å²) in [6, 6.07) is -1.65. The lowest BCUT2D eigenvalue weighted by Gasteiger charge is -2.22. The highest BCUT2D eigenvalue weighted by atomic mass is 16.6. The van der Waals surface area contributed by atoms with Crippen molar-refractivity contribution in [1.82, 2.24) is 10.6 Å². The molecule has 0 aliphatic carbocycles. The lowest BCUT2D eigenvalue weighted by Crippen LogP contribution is -2.51. The number of carboxylic acid groups (broad SMARTS) is 1. The highest BCUT2D eigenvalue weighted by Crippen LogP contribution is 2.06. The number of hydrogen-bond acceptors (Lipinski definition) is 5. The van der Waals surface area contributed by atoms with Gasteiger partial charge in [-0.15, -0.1) is 0 Å². The third-order valence-corrected chi connectivity index (χ3v) is 2.60. The van der Waals surface area contributed by atoms with Crippen molar-refractivity contribution in [3.63, 3.8) is 0 Å². The second-order valence-electron chi connectivity index (χ2n) is 6.26. The molecule has 7 heteroatoms. The molecule has 0 aromatic carbocycles. The second kappa shape index (κ2) is 7.97. The topological polar surface area (TPSA) is 105 Å². The summed E-state index contributed by atoms with van der Waals surface area (Å²) in [7, 11) is 0. The Morgan fingerprint density at radius 1 is 1.14 bits per heavy atom. The Labute approximate surface area is 125 Å². The number of amides is 1. The van der Waals surface area contributed by atoms with E-state index in [4.69, 9.17) is 9.84 Å². The molecule has 1 unspecified atom stereocenters. The predicted molar refractivity (Wildman–Crippen MR) is 77.7 cm³/mol. The second-order valence-corrected chi connectivity index (χ2v) is 6.26. The van der Waals surface area contributed by atoms with Gasteiger partial charge in [-0.05, 0) is 33.6 Å². The van der Waals surface area contributed by atoms with Crippen LogP contribution >= 0.6 is 0 Å². The van der Waals surface area contributed by atoms with Crippen LogP contribution < -0.4 is 10.6 Å². The van der Waals surface area contributed by atoms with E-state index >= 15 is 0 Å². The Bertz CT molecular complexity index is 387. The molecule has 0 radical (unpaired) electrons.